The van der Waals surface area contributed by atoms with Gasteiger partial charge in [-0.25, -0.2) is 9.98 Å². The van der Waals surface area contributed by atoms with Crippen LogP contribution in [-0.4, -0.2) is 21.5 Å². The summed E-state index contributed by atoms with van der Waals surface area (Å²) in [5.74, 6) is 0.332. The lowest BCUT2D eigenvalue weighted by Crippen LogP contribution is -2.01. The molecular weight excluding hydrogens is 168 g/mol. The van der Waals surface area contributed by atoms with E-state index in [-0.39, 0.29) is 5.15 Å². The minimum Gasteiger partial charge on any atom is -0.290 e. The molecule has 0 aliphatic heterocycles. The van der Waals surface area contributed by atoms with Crippen molar-refractivity contribution in [3.05, 3.63) is 17.5 Å². The van der Waals surface area contributed by atoms with E-state index < -0.39 is 0 Å². The molecule has 0 aliphatic carbocycles. The van der Waals surface area contributed by atoms with Crippen molar-refractivity contribution < 1.29 is 5.21 Å². The largest absolute Gasteiger partial charge is 0.290 e. The Morgan fingerprint density at radius 1 is 1.64 bits per heavy atom. The summed E-state index contributed by atoms with van der Waals surface area (Å²) in [6, 6.07) is 0. The van der Waals surface area contributed by atoms with E-state index in [4.69, 9.17) is 16.8 Å². The van der Waals surface area contributed by atoms with Crippen molar-refractivity contribution in [2.24, 2.45) is 4.99 Å². The molecule has 0 bridgehead atoms. The lowest BCUT2D eigenvalue weighted by atomic mass is 10.7. The molecule has 0 spiro atoms. The minimum atomic E-state index is 0.262. The first-order chi connectivity index (χ1) is 5.33. The number of hydrogen-bond donors (Lipinski definition) is 2. The highest BCUT2D eigenvalue weighted by Gasteiger charge is 1.90. The molecule has 1 rings (SSSR count). The lowest BCUT2D eigenvalue weighted by Gasteiger charge is -1.90. The maximum Gasteiger partial charge on any atom is 0.173 e. The highest BCUT2D eigenvalue weighted by atomic mass is 35.5. The third kappa shape index (κ3) is 2.48. The van der Waals surface area contributed by atoms with Gasteiger partial charge in [0.1, 0.15) is 11.5 Å². The van der Waals surface area contributed by atoms with Crippen molar-refractivity contribution in [1.29, 1.82) is 0 Å². The van der Waals surface area contributed by atoms with Gasteiger partial charge >= 0.3 is 0 Å². The number of aliphatic imine (C=N–C) groups is 1. The number of aromatic nitrogens is 2. The Bertz CT molecular complexity index is 264. The monoisotopic (exact) mass is 172 g/mol. The lowest BCUT2D eigenvalue weighted by molar-refractivity contribution is 0.240. The number of hydrogen-bond acceptors (Lipinski definition) is 4. The van der Waals surface area contributed by atoms with Gasteiger partial charge in [0, 0.05) is 0 Å². The Balaban J connectivity index is 2.79. The van der Waals surface area contributed by atoms with Gasteiger partial charge in [-0.2, -0.15) is 0 Å². The van der Waals surface area contributed by atoms with E-state index in [0.717, 1.165) is 6.34 Å². The van der Waals surface area contributed by atoms with Gasteiger partial charge in [-0.1, -0.05) is 11.6 Å². The topological polar surface area (TPSA) is 70.4 Å². The Morgan fingerprint density at radius 2 is 2.45 bits per heavy atom. The zero-order valence-electron chi connectivity index (χ0n) is 5.40. The fourth-order valence-electron chi connectivity index (χ4n) is 0.490. The number of nitrogens with zero attached hydrogens (tertiary/aromatic N) is 3. The molecule has 0 unspecified atom stereocenters. The van der Waals surface area contributed by atoms with Gasteiger partial charge in [0.25, 0.3) is 0 Å². The molecule has 1 aromatic rings. The second-order valence-corrected chi connectivity index (χ2v) is 1.97. The quantitative estimate of drug-likeness (QED) is 0.393. The Kier molecular flexibility index (Phi) is 2.76. The van der Waals surface area contributed by atoms with Crippen LogP contribution in [0.5, 0.6) is 0 Å². The fourth-order valence-corrected chi connectivity index (χ4v) is 0.633. The summed E-state index contributed by atoms with van der Waals surface area (Å²) in [5, 5.41) is 8.38. The van der Waals surface area contributed by atoms with E-state index >= 15 is 0 Å². The fraction of sp³-hybridized carbons (Fsp3) is 0. The third-order valence-corrected chi connectivity index (χ3v) is 1.03. The average Bonchev–Trinajstić information content (AvgIpc) is 2.01. The van der Waals surface area contributed by atoms with Crippen LogP contribution in [-0.2, 0) is 0 Å². The van der Waals surface area contributed by atoms with Crippen LogP contribution in [0, 0.1) is 0 Å². The highest BCUT2D eigenvalue weighted by molar-refractivity contribution is 6.29. The molecule has 0 saturated heterocycles. The number of rotatable bonds is 2. The molecule has 6 heteroatoms. The number of nitrogens with one attached hydrogen (secondary N) is 1. The van der Waals surface area contributed by atoms with E-state index in [2.05, 4.69) is 15.0 Å². The standard InChI is InChI=1S/C5H5ClN4O/c6-4-1-7-2-5(10-4)8-3-9-11/h1-3,11H,(H,8,9,10). The molecule has 11 heavy (non-hydrogen) atoms. The molecule has 1 heterocycles. The molecule has 0 saturated carbocycles. The first-order valence-corrected chi connectivity index (χ1v) is 3.10. The van der Waals surface area contributed by atoms with Crippen LogP contribution in [0.25, 0.3) is 0 Å². The molecule has 5 nitrogen and oxygen atoms in total. The second-order valence-electron chi connectivity index (χ2n) is 1.59. The highest BCUT2D eigenvalue weighted by Crippen LogP contribution is 2.08. The van der Waals surface area contributed by atoms with Crippen LogP contribution in [0.3, 0.4) is 0 Å². The Morgan fingerprint density at radius 3 is 3.09 bits per heavy atom. The van der Waals surface area contributed by atoms with Gasteiger partial charge in [-0.15, -0.1) is 0 Å². The van der Waals surface area contributed by atoms with Crippen LogP contribution in [0.2, 0.25) is 5.15 Å². The predicted molar refractivity (Wildman–Crippen MR) is 40.1 cm³/mol. The zero-order valence-corrected chi connectivity index (χ0v) is 6.15. The maximum atomic E-state index is 8.12. The van der Waals surface area contributed by atoms with E-state index in [1.807, 2.05) is 0 Å². The molecule has 0 aliphatic rings. The minimum absolute atomic E-state index is 0.262. The molecule has 0 amide bonds. The van der Waals surface area contributed by atoms with Crippen molar-refractivity contribution in [1.82, 2.24) is 15.4 Å². The SMILES string of the molecule is ON/C=N/c1cncc(Cl)n1. The van der Waals surface area contributed by atoms with E-state index in [9.17, 15) is 0 Å². The van der Waals surface area contributed by atoms with Crippen molar-refractivity contribution in [2.45, 2.75) is 0 Å². The Labute approximate surface area is 67.7 Å². The van der Waals surface area contributed by atoms with Crippen LogP contribution in [0.1, 0.15) is 0 Å². The summed E-state index contributed by atoms with van der Waals surface area (Å²) in [4.78, 5) is 11.1. The van der Waals surface area contributed by atoms with E-state index in [1.54, 1.807) is 5.48 Å². The molecule has 0 aromatic carbocycles. The van der Waals surface area contributed by atoms with Gasteiger partial charge < -0.3 is 0 Å². The number of halogens is 1. The average molecular weight is 173 g/mol. The number of hydroxylamine groups is 1. The summed E-state index contributed by atoms with van der Waals surface area (Å²) in [6.07, 6.45) is 3.88. The molecular formula is C5H5ClN4O. The van der Waals surface area contributed by atoms with Crippen molar-refractivity contribution in [3.8, 4) is 0 Å². The van der Waals surface area contributed by atoms with Gasteiger partial charge in [0.15, 0.2) is 5.82 Å². The second kappa shape index (κ2) is 3.85. The molecule has 0 atom stereocenters. The van der Waals surface area contributed by atoms with Gasteiger partial charge in [0.2, 0.25) is 0 Å². The molecule has 0 fully saturated rings. The summed E-state index contributed by atoms with van der Waals surface area (Å²) in [6.45, 7) is 0. The van der Waals surface area contributed by atoms with Gasteiger partial charge in [-0.3, -0.25) is 15.7 Å². The normalized spacial score (nSPS) is 10.4. The summed E-state index contributed by atoms with van der Waals surface area (Å²) in [7, 11) is 0. The smallest absolute Gasteiger partial charge is 0.173 e. The van der Waals surface area contributed by atoms with Crippen LogP contribution in [0.15, 0.2) is 17.4 Å². The van der Waals surface area contributed by atoms with Crippen molar-refractivity contribution in [2.75, 3.05) is 0 Å². The van der Waals surface area contributed by atoms with Crippen molar-refractivity contribution >= 4 is 23.8 Å². The predicted octanol–water partition coefficient (Wildman–Crippen LogP) is 0.769. The van der Waals surface area contributed by atoms with Crippen molar-refractivity contribution in [3.63, 3.8) is 0 Å². The van der Waals surface area contributed by atoms with E-state index in [0.29, 0.717) is 5.82 Å². The molecule has 58 valence electrons. The summed E-state index contributed by atoms with van der Waals surface area (Å²) < 4.78 is 0. The van der Waals surface area contributed by atoms with Crippen LogP contribution in [0.4, 0.5) is 5.82 Å². The molecule has 1 aromatic heterocycles. The first kappa shape index (κ1) is 7.90. The molecule has 0 radical (unpaired) electrons. The summed E-state index contributed by atoms with van der Waals surface area (Å²) >= 11 is 5.49. The van der Waals surface area contributed by atoms with Crippen LogP contribution >= 0.6 is 11.6 Å². The zero-order chi connectivity index (χ0) is 8.10. The first-order valence-electron chi connectivity index (χ1n) is 2.72. The summed E-state index contributed by atoms with van der Waals surface area (Å²) in [5.41, 5.74) is 1.73. The third-order valence-electron chi connectivity index (χ3n) is 0.847. The van der Waals surface area contributed by atoms with Crippen LogP contribution < -0.4 is 5.48 Å². The van der Waals surface area contributed by atoms with Gasteiger partial charge in [-0.05, 0) is 0 Å². The maximum absolute atomic E-state index is 8.12. The molecule has 2 N–H and O–H groups in total. The van der Waals surface area contributed by atoms with E-state index in [1.165, 1.54) is 12.4 Å². The van der Waals surface area contributed by atoms with Gasteiger partial charge in [0.05, 0.1) is 12.4 Å². The Hall–Kier alpha value is -1.20.